The van der Waals surface area contributed by atoms with Crippen LogP contribution < -0.4 is 0 Å². The van der Waals surface area contributed by atoms with Crippen LogP contribution >= 0.6 is 0 Å². The predicted molar refractivity (Wildman–Crippen MR) is 41.4 cm³/mol. The van der Waals surface area contributed by atoms with E-state index in [4.69, 9.17) is 0 Å². The van der Waals surface area contributed by atoms with Gasteiger partial charge in [0.15, 0.2) is 34.9 Å². The second-order valence-corrected chi connectivity index (χ2v) is 2.88. The third kappa shape index (κ3) is 1.33. The third-order valence-electron chi connectivity index (χ3n) is 1.93. The summed E-state index contributed by atoms with van der Waals surface area (Å²) in [6, 6.07) is 2.88. The normalized spacial score (nSPS) is 11.1. The van der Waals surface area contributed by atoms with E-state index in [0.29, 0.717) is 0 Å². The van der Waals surface area contributed by atoms with Crippen LogP contribution in [0.5, 0.6) is 0 Å². The molecule has 0 heterocycles. The number of benzene rings is 2. The number of halogens is 6. The van der Waals surface area contributed by atoms with Gasteiger partial charge in [-0.15, -0.1) is 0 Å². The first-order valence-corrected chi connectivity index (χ1v) is 3.88. The van der Waals surface area contributed by atoms with Crippen molar-refractivity contribution in [3.8, 4) is 0 Å². The van der Waals surface area contributed by atoms with E-state index in [-0.39, 0.29) is 0 Å². The molecule has 2 aromatic carbocycles. The van der Waals surface area contributed by atoms with Crippen LogP contribution in [-0.2, 0) is 0 Å². The van der Waals surface area contributed by atoms with Crippen molar-refractivity contribution >= 4 is 10.8 Å². The number of hydrogen-bond donors (Lipinski definition) is 0. The van der Waals surface area contributed by atoms with Gasteiger partial charge in [-0.25, -0.2) is 26.3 Å². The van der Waals surface area contributed by atoms with Gasteiger partial charge < -0.3 is 0 Å². The molecule has 16 heavy (non-hydrogen) atoms. The van der Waals surface area contributed by atoms with Crippen molar-refractivity contribution in [2.75, 3.05) is 0 Å². The Hall–Kier alpha value is -1.72. The number of fused-ring (bicyclic) bond motifs is 1. The van der Waals surface area contributed by atoms with Gasteiger partial charge in [0.2, 0.25) is 0 Å². The zero-order valence-electron chi connectivity index (χ0n) is 7.27. The molecule has 0 spiro atoms. The molecule has 0 aliphatic carbocycles. The zero-order valence-corrected chi connectivity index (χ0v) is 7.27. The Labute approximate surface area is 85.1 Å². The van der Waals surface area contributed by atoms with Crippen LogP contribution in [-0.4, -0.2) is 0 Å². The second kappa shape index (κ2) is 3.40. The molecule has 2 aromatic rings. The molecular formula is C10F6. The largest absolute Gasteiger partial charge is 0.203 e. The summed E-state index contributed by atoms with van der Waals surface area (Å²) in [5.41, 5.74) is 0. The van der Waals surface area contributed by atoms with Crippen LogP contribution in [0.2, 0.25) is 0 Å². The van der Waals surface area contributed by atoms with Crippen LogP contribution in [0.3, 0.4) is 0 Å². The maximum atomic E-state index is 13.0. The van der Waals surface area contributed by atoms with Crippen molar-refractivity contribution in [1.29, 1.82) is 0 Å². The quantitative estimate of drug-likeness (QED) is 0.373. The Morgan fingerprint density at radius 2 is 0.812 bits per heavy atom. The minimum Gasteiger partial charge on any atom is -0.203 e. The van der Waals surface area contributed by atoms with Gasteiger partial charge in [0, 0.05) is 22.9 Å². The van der Waals surface area contributed by atoms with E-state index >= 15 is 0 Å². The Balaban J connectivity index is 3.02. The van der Waals surface area contributed by atoms with Gasteiger partial charge in [-0.2, -0.15) is 0 Å². The number of hydrogen-bond acceptors (Lipinski definition) is 0. The molecule has 0 nitrogen and oxygen atoms in total. The first-order chi connectivity index (χ1) is 7.43. The van der Waals surface area contributed by atoms with Gasteiger partial charge in [-0.3, -0.25) is 0 Å². The van der Waals surface area contributed by atoms with Crippen molar-refractivity contribution < 1.29 is 26.3 Å². The van der Waals surface area contributed by atoms with E-state index in [9.17, 15) is 26.3 Å². The molecule has 82 valence electrons. The summed E-state index contributed by atoms with van der Waals surface area (Å²) in [7, 11) is 0. The lowest BCUT2D eigenvalue weighted by molar-refractivity contribution is 0.417. The molecule has 2 radical (unpaired) electrons. The molecular weight excluding hydrogens is 234 g/mol. The van der Waals surface area contributed by atoms with Crippen LogP contribution in [0.25, 0.3) is 10.8 Å². The third-order valence-corrected chi connectivity index (χ3v) is 1.93. The zero-order chi connectivity index (χ0) is 12.0. The molecule has 0 amide bonds. The lowest BCUT2D eigenvalue weighted by atomic mass is 10.1. The molecule has 0 unspecified atom stereocenters. The minimum atomic E-state index is -2.11. The van der Waals surface area contributed by atoms with Crippen LogP contribution in [0.15, 0.2) is 0 Å². The fourth-order valence-electron chi connectivity index (χ4n) is 1.20. The first-order valence-electron chi connectivity index (χ1n) is 3.88. The van der Waals surface area contributed by atoms with Gasteiger partial charge in [0.25, 0.3) is 0 Å². The minimum absolute atomic E-state index is 1.03. The average Bonchev–Trinajstić information content (AvgIpc) is 2.26. The molecule has 0 aliphatic heterocycles. The summed E-state index contributed by atoms with van der Waals surface area (Å²) in [5, 5.41) is -2.06. The van der Waals surface area contributed by atoms with Crippen molar-refractivity contribution in [2.24, 2.45) is 0 Å². The fourth-order valence-corrected chi connectivity index (χ4v) is 1.20. The maximum absolute atomic E-state index is 13.0. The van der Waals surface area contributed by atoms with E-state index in [0.717, 1.165) is 0 Å². The highest BCUT2D eigenvalue weighted by Gasteiger charge is 2.22. The van der Waals surface area contributed by atoms with E-state index in [2.05, 4.69) is 0 Å². The van der Waals surface area contributed by atoms with Gasteiger partial charge in [0.1, 0.15) is 0 Å². The molecule has 0 atom stereocenters. The summed E-state index contributed by atoms with van der Waals surface area (Å²) in [6.07, 6.45) is 0. The Morgan fingerprint density at radius 3 is 1.12 bits per heavy atom. The smallest absolute Gasteiger partial charge is 0.198 e. The fraction of sp³-hybridized carbons (Fsp3) is 0. The molecule has 0 N–H and O–H groups in total. The van der Waals surface area contributed by atoms with Crippen molar-refractivity contribution in [2.45, 2.75) is 0 Å². The Morgan fingerprint density at radius 1 is 0.500 bits per heavy atom. The van der Waals surface area contributed by atoms with E-state index in [1.54, 1.807) is 0 Å². The lowest BCUT2D eigenvalue weighted by Crippen LogP contribution is -2.00. The highest BCUT2D eigenvalue weighted by Crippen LogP contribution is 2.27. The number of rotatable bonds is 0. The van der Waals surface area contributed by atoms with Gasteiger partial charge in [0.05, 0.1) is 0 Å². The van der Waals surface area contributed by atoms with Crippen molar-refractivity contribution in [3.05, 3.63) is 47.0 Å². The summed E-state index contributed by atoms with van der Waals surface area (Å²) in [4.78, 5) is 0. The predicted octanol–water partition coefficient (Wildman–Crippen LogP) is 3.27. The van der Waals surface area contributed by atoms with Crippen molar-refractivity contribution in [3.63, 3.8) is 0 Å². The lowest BCUT2D eigenvalue weighted by Gasteiger charge is -2.04. The molecule has 2 rings (SSSR count). The molecule has 0 fully saturated rings. The van der Waals surface area contributed by atoms with Gasteiger partial charge in [-0.1, -0.05) is 0 Å². The molecule has 0 aromatic heterocycles. The topological polar surface area (TPSA) is 0 Å². The average molecular weight is 234 g/mol. The molecule has 0 bridgehead atoms. The maximum Gasteiger partial charge on any atom is 0.198 e. The molecule has 0 saturated carbocycles. The monoisotopic (exact) mass is 234 g/mol. The van der Waals surface area contributed by atoms with Crippen LogP contribution in [0.4, 0.5) is 26.3 Å². The summed E-state index contributed by atoms with van der Waals surface area (Å²) in [6.45, 7) is 0. The molecule has 0 aliphatic rings. The van der Waals surface area contributed by atoms with E-state index < -0.39 is 45.7 Å². The molecule has 6 heteroatoms. The van der Waals surface area contributed by atoms with Crippen molar-refractivity contribution in [1.82, 2.24) is 0 Å². The van der Waals surface area contributed by atoms with Crippen LogP contribution in [0, 0.1) is 47.0 Å². The SMILES string of the molecule is Fc1[c]c2c(F)c(F)c(F)c(F)c2[c]c1F. The summed E-state index contributed by atoms with van der Waals surface area (Å²) in [5.74, 6) is -11.2. The van der Waals surface area contributed by atoms with Crippen LogP contribution in [0.1, 0.15) is 0 Å². The van der Waals surface area contributed by atoms with E-state index in [1.807, 2.05) is 0 Å². The van der Waals surface area contributed by atoms with Gasteiger partial charge in [-0.05, 0) is 0 Å². The molecule has 0 saturated heterocycles. The summed E-state index contributed by atoms with van der Waals surface area (Å²) < 4.78 is 76.7. The Kier molecular flexibility index (Phi) is 2.29. The summed E-state index contributed by atoms with van der Waals surface area (Å²) >= 11 is 0. The highest BCUT2D eigenvalue weighted by atomic mass is 19.2. The standard InChI is InChI=1S/C10F6/c11-5-1-3-4(2-6(5)12)8(14)10(16)9(15)7(3)13. The Bertz CT molecular complexity index is 537. The van der Waals surface area contributed by atoms with E-state index in [1.165, 1.54) is 12.1 Å². The second-order valence-electron chi connectivity index (χ2n) is 2.88. The first kappa shape index (κ1) is 10.8. The van der Waals surface area contributed by atoms with Gasteiger partial charge >= 0.3 is 0 Å². The highest BCUT2D eigenvalue weighted by molar-refractivity contribution is 5.83.